The van der Waals surface area contributed by atoms with Crippen molar-refractivity contribution in [1.29, 1.82) is 0 Å². The van der Waals surface area contributed by atoms with Gasteiger partial charge in [-0.2, -0.15) is 0 Å². The van der Waals surface area contributed by atoms with Crippen LogP contribution in [0.4, 0.5) is 5.69 Å². The Bertz CT molecular complexity index is 331. The highest BCUT2D eigenvalue weighted by Gasteiger charge is 1.97. The van der Waals surface area contributed by atoms with Gasteiger partial charge in [0.1, 0.15) is 0 Å². The summed E-state index contributed by atoms with van der Waals surface area (Å²) < 4.78 is 0. The molecule has 0 heterocycles. The minimum atomic E-state index is 0.810. The summed E-state index contributed by atoms with van der Waals surface area (Å²) in [5, 5.41) is 0. The van der Waals surface area contributed by atoms with Crippen LogP contribution in [0.25, 0.3) is 5.57 Å². The highest BCUT2D eigenvalue weighted by molar-refractivity contribution is 5.73. The Morgan fingerprint density at radius 2 is 2.08 bits per heavy atom. The zero-order chi connectivity index (χ0) is 8.97. The number of nitrogens with two attached hydrogens (primary N) is 1. The fraction of sp³-hybridized carbons (Fsp3) is 0.182. The molecule has 0 saturated carbocycles. The van der Waals surface area contributed by atoms with E-state index in [0.29, 0.717) is 0 Å². The maximum Gasteiger partial charge on any atom is 0.0396 e. The van der Waals surface area contributed by atoms with Gasteiger partial charge in [-0.1, -0.05) is 18.2 Å². The van der Waals surface area contributed by atoms with Gasteiger partial charge in [-0.25, -0.2) is 0 Å². The fourth-order valence-corrected chi connectivity index (χ4v) is 1.13. The number of hydrogen-bond donors (Lipinski definition) is 1. The summed E-state index contributed by atoms with van der Waals surface area (Å²) in [5.41, 5.74) is 11.8. The van der Waals surface area contributed by atoms with E-state index in [0.717, 1.165) is 16.8 Å². The molecule has 2 N–H and O–H groups in total. The fourth-order valence-electron chi connectivity index (χ4n) is 1.13. The SMILES string of the molecule is CC=C=C(C)c1ccccc1N. The second kappa shape index (κ2) is 3.80. The molecule has 1 heteroatoms. The van der Waals surface area contributed by atoms with Crippen molar-refractivity contribution in [2.75, 3.05) is 5.73 Å². The van der Waals surface area contributed by atoms with Crippen LogP contribution in [0, 0.1) is 0 Å². The molecule has 0 aromatic heterocycles. The van der Waals surface area contributed by atoms with Crippen molar-refractivity contribution < 1.29 is 0 Å². The van der Waals surface area contributed by atoms with Crippen molar-refractivity contribution in [3.63, 3.8) is 0 Å². The molecule has 0 aliphatic heterocycles. The number of allylic oxidation sites excluding steroid dienone is 1. The van der Waals surface area contributed by atoms with E-state index >= 15 is 0 Å². The summed E-state index contributed by atoms with van der Waals surface area (Å²) in [6.07, 6.45) is 1.89. The van der Waals surface area contributed by atoms with Gasteiger partial charge >= 0.3 is 0 Å². The quantitative estimate of drug-likeness (QED) is 0.495. The molecule has 1 rings (SSSR count). The zero-order valence-electron chi connectivity index (χ0n) is 7.46. The van der Waals surface area contributed by atoms with Crippen LogP contribution in [0.3, 0.4) is 0 Å². The minimum Gasteiger partial charge on any atom is -0.398 e. The molecule has 1 nitrogen and oxygen atoms in total. The first-order valence-corrected chi connectivity index (χ1v) is 3.98. The second-order valence-corrected chi connectivity index (χ2v) is 2.65. The van der Waals surface area contributed by atoms with Gasteiger partial charge in [0.25, 0.3) is 0 Å². The molecule has 0 atom stereocenters. The van der Waals surface area contributed by atoms with Crippen LogP contribution < -0.4 is 5.73 Å². The molecule has 62 valence electrons. The first kappa shape index (κ1) is 8.63. The molecule has 0 amide bonds. The van der Waals surface area contributed by atoms with Gasteiger partial charge in [-0.15, -0.1) is 5.73 Å². The summed E-state index contributed by atoms with van der Waals surface area (Å²) in [6, 6.07) is 7.81. The van der Waals surface area contributed by atoms with Crippen molar-refractivity contribution in [2.45, 2.75) is 13.8 Å². The lowest BCUT2D eigenvalue weighted by Crippen LogP contribution is -1.89. The van der Waals surface area contributed by atoms with Crippen LogP contribution in [0.15, 0.2) is 36.1 Å². The molecule has 0 saturated heterocycles. The smallest absolute Gasteiger partial charge is 0.0396 e. The van der Waals surface area contributed by atoms with E-state index in [2.05, 4.69) is 5.73 Å². The Kier molecular flexibility index (Phi) is 2.73. The van der Waals surface area contributed by atoms with Crippen molar-refractivity contribution in [2.24, 2.45) is 0 Å². The first-order valence-electron chi connectivity index (χ1n) is 3.98. The molecule has 0 fully saturated rings. The highest BCUT2D eigenvalue weighted by Crippen LogP contribution is 2.18. The predicted molar refractivity (Wildman–Crippen MR) is 53.7 cm³/mol. The lowest BCUT2D eigenvalue weighted by molar-refractivity contribution is 1.56. The minimum absolute atomic E-state index is 0.810. The number of rotatable bonds is 1. The Morgan fingerprint density at radius 3 is 2.67 bits per heavy atom. The molecule has 0 unspecified atom stereocenters. The summed E-state index contributed by atoms with van der Waals surface area (Å²) in [4.78, 5) is 0. The maximum atomic E-state index is 5.78. The molecule has 0 spiro atoms. The van der Waals surface area contributed by atoms with E-state index in [1.807, 2.05) is 44.2 Å². The summed E-state index contributed by atoms with van der Waals surface area (Å²) >= 11 is 0. The zero-order valence-corrected chi connectivity index (χ0v) is 7.46. The molecule has 0 aliphatic carbocycles. The van der Waals surface area contributed by atoms with E-state index in [4.69, 9.17) is 5.73 Å². The van der Waals surface area contributed by atoms with Gasteiger partial charge in [0, 0.05) is 11.3 Å². The number of benzene rings is 1. The standard InChI is InChI=1S/C11H13N/c1-3-6-9(2)10-7-4-5-8-11(10)12/h3-5,7-8H,12H2,1-2H3. The summed E-state index contributed by atoms with van der Waals surface area (Å²) in [7, 11) is 0. The Hall–Kier alpha value is -1.46. The van der Waals surface area contributed by atoms with Gasteiger partial charge < -0.3 is 5.73 Å². The van der Waals surface area contributed by atoms with E-state index in [1.165, 1.54) is 0 Å². The highest BCUT2D eigenvalue weighted by atomic mass is 14.6. The normalized spacial score (nSPS) is 8.83. The third-order valence-corrected chi connectivity index (χ3v) is 1.73. The number of anilines is 1. The average Bonchev–Trinajstić information content (AvgIpc) is 2.05. The van der Waals surface area contributed by atoms with E-state index < -0.39 is 0 Å². The molecule has 1 aromatic carbocycles. The number of para-hydroxylation sites is 1. The van der Waals surface area contributed by atoms with Gasteiger partial charge in [-0.05, 0) is 31.6 Å². The largest absolute Gasteiger partial charge is 0.398 e. The van der Waals surface area contributed by atoms with Crippen LogP contribution >= 0.6 is 0 Å². The van der Waals surface area contributed by atoms with Gasteiger partial charge in [0.05, 0.1) is 0 Å². The van der Waals surface area contributed by atoms with Crippen LogP contribution in [-0.4, -0.2) is 0 Å². The summed E-state index contributed by atoms with van der Waals surface area (Å²) in [5.74, 6) is 0. The molecule has 1 aromatic rings. The van der Waals surface area contributed by atoms with Crippen molar-refractivity contribution >= 4 is 11.3 Å². The van der Waals surface area contributed by atoms with Gasteiger partial charge in [0.15, 0.2) is 0 Å². The van der Waals surface area contributed by atoms with Crippen molar-refractivity contribution in [1.82, 2.24) is 0 Å². The first-order chi connectivity index (χ1) is 5.75. The molecule has 0 aliphatic rings. The Morgan fingerprint density at radius 1 is 1.42 bits per heavy atom. The topological polar surface area (TPSA) is 26.0 Å². The van der Waals surface area contributed by atoms with E-state index in [1.54, 1.807) is 0 Å². The Balaban J connectivity index is 3.20. The molecular formula is C11H13N. The van der Waals surface area contributed by atoms with Crippen LogP contribution in [0.2, 0.25) is 0 Å². The van der Waals surface area contributed by atoms with Gasteiger partial charge in [-0.3, -0.25) is 0 Å². The third-order valence-electron chi connectivity index (χ3n) is 1.73. The Labute approximate surface area is 73.2 Å². The van der Waals surface area contributed by atoms with Crippen molar-refractivity contribution in [3.8, 4) is 0 Å². The van der Waals surface area contributed by atoms with Gasteiger partial charge in [0.2, 0.25) is 0 Å². The van der Waals surface area contributed by atoms with Crippen LogP contribution in [0.5, 0.6) is 0 Å². The van der Waals surface area contributed by atoms with Crippen molar-refractivity contribution in [3.05, 3.63) is 41.6 Å². The monoisotopic (exact) mass is 159 g/mol. The van der Waals surface area contributed by atoms with E-state index in [9.17, 15) is 0 Å². The van der Waals surface area contributed by atoms with Crippen LogP contribution in [-0.2, 0) is 0 Å². The molecule has 0 bridgehead atoms. The average molecular weight is 159 g/mol. The van der Waals surface area contributed by atoms with E-state index in [-0.39, 0.29) is 0 Å². The summed E-state index contributed by atoms with van der Waals surface area (Å²) in [6.45, 7) is 3.95. The molecule has 0 radical (unpaired) electrons. The maximum absolute atomic E-state index is 5.78. The lowest BCUT2D eigenvalue weighted by Gasteiger charge is -2.01. The predicted octanol–water partition coefficient (Wildman–Crippen LogP) is 2.85. The number of hydrogen-bond acceptors (Lipinski definition) is 1. The third kappa shape index (κ3) is 1.77. The van der Waals surface area contributed by atoms with Crippen LogP contribution in [0.1, 0.15) is 19.4 Å². The number of nitrogen functional groups attached to an aromatic ring is 1. The lowest BCUT2D eigenvalue weighted by atomic mass is 10.1. The molecular weight excluding hydrogens is 146 g/mol. The second-order valence-electron chi connectivity index (χ2n) is 2.65. The molecule has 12 heavy (non-hydrogen) atoms.